The molecule has 4 nitrogen and oxygen atoms in total. The lowest BCUT2D eigenvalue weighted by Gasteiger charge is -1.99. The van der Waals surface area contributed by atoms with Gasteiger partial charge in [-0.25, -0.2) is 0 Å². The molecule has 1 aromatic heterocycles. The first kappa shape index (κ1) is 7.53. The highest BCUT2D eigenvalue weighted by molar-refractivity contribution is 5.88. The van der Waals surface area contributed by atoms with E-state index < -0.39 is 0 Å². The summed E-state index contributed by atoms with van der Waals surface area (Å²) in [6.45, 7) is 1.39. The molecular formula is C7H8N2O2. The number of hydrogen-bond acceptors (Lipinski definition) is 3. The van der Waals surface area contributed by atoms with E-state index in [1.807, 2.05) is 0 Å². The smallest absolute Gasteiger partial charge is 0.221 e. The van der Waals surface area contributed by atoms with Crippen molar-refractivity contribution in [3.63, 3.8) is 0 Å². The van der Waals surface area contributed by atoms with Crippen molar-refractivity contribution >= 4 is 11.6 Å². The van der Waals surface area contributed by atoms with Gasteiger partial charge in [-0.05, 0) is 0 Å². The zero-order valence-corrected chi connectivity index (χ0v) is 6.03. The lowest BCUT2D eigenvalue weighted by molar-refractivity contribution is -0.114. The number of anilines is 1. The molecule has 11 heavy (non-hydrogen) atoms. The molecule has 1 aromatic rings. The molecule has 0 saturated heterocycles. The van der Waals surface area contributed by atoms with Crippen LogP contribution in [0.3, 0.4) is 0 Å². The SMILES string of the molecule is CC(=O)Nc1cncc(O)c1. The van der Waals surface area contributed by atoms with Crippen molar-refractivity contribution < 1.29 is 9.90 Å². The number of aromatic nitrogens is 1. The van der Waals surface area contributed by atoms with Gasteiger partial charge >= 0.3 is 0 Å². The summed E-state index contributed by atoms with van der Waals surface area (Å²) in [5.41, 5.74) is 0.498. The van der Waals surface area contributed by atoms with Gasteiger partial charge in [-0.3, -0.25) is 9.78 Å². The van der Waals surface area contributed by atoms with Gasteiger partial charge in [0.2, 0.25) is 5.91 Å². The molecule has 1 rings (SSSR count). The second-order valence-corrected chi connectivity index (χ2v) is 2.11. The molecule has 0 atom stereocenters. The van der Waals surface area contributed by atoms with Crippen molar-refractivity contribution in [2.45, 2.75) is 6.92 Å². The van der Waals surface area contributed by atoms with Gasteiger partial charge in [0.05, 0.1) is 18.1 Å². The zero-order valence-electron chi connectivity index (χ0n) is 6.03. The first-order valence-corrected chi connectivity index (χ1v) is 3.10. The third-order valence-corrected chi connectivity index (χ3v) is 1.04. The van der Waals surface area contributed by atoms with Crippen LogP contribution < -0.4 is 5.32 Å². The van der Waals surface area contributed by atoms with Gasteiger partial charge in [-0.2, -0.15) is 0 Å². The van der Waals surface area contributed by atoms with Crippen LogP contribution in [0.4, 0.5) is 5.69 Å². The molecule has 0 spiro atoms. The summed E-state index contributed by atoms with van der Waals surface area (Å²) >= 11 is 0. The van der Waals surface area contributed by atoms with E-state index in [9.17, 15) is 4.79 Å². The van der Waals surface area contributed by atoms with Gasteiger partial charge in [0.15, 0.2) is 0 Å². The van der Waals surface area contributed by atoms with E-state index >= 15 is 0 Å². The first-order valence-electron chi connectivity index (χ1n) is 3.10. The van der Waals surface area contributed by atoms with Gasteiger partial charge in [0, 0.05) is 13.0 Å². The number of nitrogens with one attached hydrogen (secondary N) is 1. The summed E-state index contributed by atoms with van der Waals surface area (Å²) < 4.78 is 0. The predicted molar refractivity (Wildman–Crippen MR) is 40.2 cm³/mol. The van der Waals surface area contributed by atoms with Crippen LogP contribution >= 0.6 is 0 Å². The molecule has 0 saturated carbocycles. The lowest BCUT2D eigenvalue weighted by Crippen LogP contribution is -2.05. The number of aromatic hydroxyl groups is 1. The van der Waals surface area contributed by atoms with Gasteiger partial charge in [-0.1, -0.05) is 0 Å². The highest BCUT2D eigenvalue weighted by Crippen LogP contribution is 2.12. The Balaban J connectivity index is 2.79. The Labute approximate surface area is 63.9 Å². The molecular weight excluding hydrogens is 144 g/mol. The second-order valence-electron chi connectivity index (χ2n) is 2.11. The molecule has 0 bridgehead atoms. The third kappa shape index (κ3) is 2.25. The Morgan fingerprint density at radius 3 is 2.91 bits per heavy atom. The number of carbonyl (C=O) groups excluding carboxylic acids is 1. The summed E-state index contributed by atoms with van der Waals surface area (Å²) in [5.74, 6) is -0.145. The molecule has 0 unspecified atom stereocenters. The predicted octanol–water partition coefficient (Wildman–Crippen LogP) is 0.746. The number of hydrogen-bond donors (Lipinski definition) is 2. The van der Waals surface area contributed by atoms with Crippen molar-refractivity contribution in [2.24, 2.45) is 0 Å². The van der Waals surface area contributed by atoms with Crippen molar-refractivity contribution in [1.82, 2.24) is 4.98 Å². The number of nitrogens with zero attached hydrogens (tertiary/aromatic N) is 1. The molecule has 0 aromatic carbocycles. The van der Waals surface area contributed by atoms with Gasteiger partial charge in [0.25, 0.3) is 0 Å². The van der Waals surface area contributed by atoms with Crippen molar-refractivity contribution in [3.05, 3.63) is 18.5 Å². The lowest BCUT2D eigenvalue weighted by atomic mass is 10.4. The summed E-state index contributed by atoms with van der Waals surface area (Å²) in [6, 6.07) is 1.42. The number of pyridine rings is 1. The van der Waals surface area contributed by atoms with Crippen LogP contribution in [0.1, 0.15) is 6.92 Å². The normalized spacial score (nSPS) is 9.18. The Hall–Kier alpha value is -1.58. The minimum absolute atomic E-state index is 0.0382. The highest BCUT2D eigenvalue weighted by atomic mass is 16.3. The minimum Gasteiger partial charge on any atom is -0.506 e. The van der Waals surface area contributed by atoms with Crippen molar-refractivity contribution in [2.75, 3.05) is 5.32 Å². The molecule has 4 heteroatoms. The molecule has 0 aliphatic heterocycles. The average Bonchev–Trinajstić information content (AvgIpc) is 1.85. The van der Waals surface area contributed by atoms with E-state index in [1.54, 1.807) is 0 Å². The fourth-order valence-electron chi connectivity index (χ4n) is 0.699. The Bertz CT molecular complexity index is 273. The molecule has 1 amide bonds. The van der Waals surface area contributed by atoms with Crippen LogP contribution in [0.15, 0.2) is 18.5 Å². The van der Waals surface area contributed by atoms with Crippen LogP contribution in [0.25, 0.3) is 0 Å². The van der Waals surface area contributed by atoms with Crippen LogP contribution in [-0.4, -0.2) is 16.0 Å². The molecule has 0 fully saturated rings. The molecule has 0 radical (unpaired) electrons. The summed E-state index contributed by atoms with van der Waals surface area (Å²) in [6.07, 6.45) is 2.76. The van der Waals surface area contributed by atoms with E-state index in [0.29, 0.717) is 5.69 Å². The topological polar surface area (TPSA) is 62.2 Å². The Kier molecular flexibility index (Phi) is 2.06. The fraction of sp³-hybridized carbons (Fsp3) is 0.143. The van der Waals surface area contributed by atoms with Crippen LogP contribution in [0.2, 0.25) is 0 Å². The van der Waals surface area contributed by atoms with Gasteiger partial charge in [-0.15, -0.1) is 0 Å². The number of carbonyl (C=O) groups is 1. The van der Waals surface area contributed by atoms with E-state index in [-0.39, 0.29) is 11.7 Å². The standard InChI is InChI=1S/C7H8N2O2/c1-5(10)9-6-2-7(11)4-8-3-6/h2-4,11H,1H3,(H,9,10). The molecule has 0 aliphatic rings. The third-order valence-electron chi connectivity index (χ3n) is 1.04. The van der Waals surface area contributed by atoms with Crippen LogP contribution in [-0.2, 0) is 4.79 Å². The molecule has 1 heterocycles. The quantitative estimate of drug-likeness (QED) is 0.624. The Morgan fingerprint density at radius 1 is 1.64 bits per heavy atom. The molecule has 58 valence electrons. The van der Waals surface area contributed by atoms with Crippen LogP contribution in [0.5, 0.6) is 5.75 Å². The van der Waals surface area contributed by atoms with E-state index in [4.69, 9.17) is 5.11 Å². The van der Waals surface area contributed by atoms with E-state index in [0.717, 1.165) is 0 Å². The summed E-state index contributed by atoms with van der Waals surface area (Å²) in [7, 11) is 0. The maximum atomic E-state index is 10.5. The average molecular weight is 152 g/mol. The number of amides is 1. The summed E-state index contributed by atoms with van der Waals surface area (Å²) in [4.78, 5) is 14.2. The maximum absolute atomic E-state index is 10.5. The second kappa shape index (κ2) is 3.01. The van der Waals surface area contributed by atoms with Crippen molar-refractivity contribution in [3.8, 4) is 5.75 Å². The van der Waals surface area contributed by atoms with Crippen LogP contribution in [0, 0.1) is 0 Å². The zero-order chi connectivity index (χ0) is 8.27. The number of rotatable bonds is 1. The molecule has 0 aliphatic carbocycles. The van der Waals surface area contributed by atoms with E-state index in [1.165, 1.54) is 25.4 Å². The molecule has 2 N–H and O–H groups in total. The van der Waals surface area contributed by atoms with Crippen molar-refractivity contribution in [1.29, 1.82) is 0 Å². The summed E-state index contributed by atoms with van der Waals surface area (Å²) in [5, 5.41) is 11.4. The van der Waals surface area contributed by atoms with Gasteiger partial charge < -0.3 is 10.4 Å². The minimum atomic E-state index is -0.183. The first-order chi connectivity index (χ1) is 5.18. The maximum Gasteiger partial charge on any atom is 0.221 e. The Morgan fingerprint density at radius 2 is 2.36 bits per heavy atom. The van der Waals surface area contributed by atoms with Gasteiger partial charge in [0.1, 0.15) is 5.75 Å². The van der Waals surface area contributed by atoms with E-state index in [2.05, 4.69) is 10.3 Å². The monoisotopic (exact) mass is 152 g/mol. The fourth-order valence-corrected chi connectivity index (χ4v) is 0.699. The largest absolute Gasteiger partial charge is 0.506 e. The highest BCUT2D eigenvalue weighted by Gasteiger charge is 1.95.